The standard InChI is InChI=1S/C16H23FN2O2/c1-15(2)11-19(9-8-16(15,3)21)14(20)18-10-12-4-6-13(17)7-5-12/h4-7,21H,8-11H2,1-3H3,(H,18,20)/t16-/m0/s1. The molecule has 4 nitrogen and oxygen atoms in total. The zero-order valence-corrected chi connectivity index (χ0v) is 12.8. The third kappa shape index (κ3) is 3.53. The Balaban J connectivity index is 1.91. The van der Waals surface area contributed by atoms with Gasteiger partial charge >= 0.3 is 6.03 Å². The molecule has 1 heterocycles. The molecule has 1 aliphatic heterocycles. The summed E-state index contributed by atoms with van der Waals surface area (Å²) in [5.41, 5.74) is -0.257. The molecular weight excluding hydrogens is 271 g/mol. The molecule has 1 aliphatic rings. The van der Waals surface area contributed by atoms with E-state index in [0.717, 1.165) is 5.56 Å². The Morgan fingerprint density at radius 1 is 1.33 bits per heavy atom. The Labute approximate surface area is 125 Å². The number of benzene rings is 1. The fraction of sp³-hybridized carbons (Fsp3) is 0.562. The van der Waals surface area contributed by atoms with Crippen molar-refractivity contribution in [3.63, 3.8) is 0 Å². The number of piperidine rings is 1. The van der Waals surface area contributed by atoms with Crippen molar-refractivity contribution in [2.75, 3.05) is 13.1 Å². The van der Waals surface area contributed by atoms with Gasteiger partial charge in [0.1, 0.15) is 5.82 Å². The van der Waals surface area contributed by atoms with E-state index in [4.69, 9.17) is 0 Å². The van der Waals surface area contributed by atoms with E-state index < -0.39 is 5.60 Å². The Hall–Kier alpha value is -1.62. The lowest BCUT2D eigenvalue weighted by atomic mass is 9.71. The summed E-state index contributed by atoms with van der Waals surface area (Å²) in [5.74, 6) is -0.287. The van der Waals surface area contributed by atoms with Gasteiger partial charge in [-0.2, -0.15) is 0 Å². The van der Waals surface area contributed by atoms with E-state index >= 15 is 0 Å². The van der Waals surface area contributed by atoms with Gasteiger partial charge in [0, 0.05) is 25.0 Å². The van der Waals surface area contributed by atoms with Crippen LogP contribution in [0.15, 0.2) is 24.3 Å². The number of hydrogen-bond acceptors (Lipinski definition) is 2. The Kier molecular flexibility index (Phi) is 4.23. The molecule has 2 rings (SSSR count). The molecule has 0 unspecified atom stereocenters. The number of likely N-dealkylation sites (tertiary alicyclic amines) is 1. The summed E-state index contributed by atoms with van der Waals surface area (Å²) in [6, 6.07) is 5.91. The highest BCUT2D eigenvalue weighted by molar-refractivity contribution is 5.74. The lowest BCUT2D eigenvalue weighted by molar-refractivity contribution is -0.0954. The molecule has 0 spiro atoms. The Morgan fingerprint density at radius 2 is 1.95 bits per heavy atom. The van der Waals surface area contributed by atoms with Gasteiger partial charge in [-0.15, -0.1) is 0 Å². The number of carbonyl (C=O) groups excluding carboxylic acids is 1. The summed E-state index contributed by atoms with van der Waals surface area (Å²) in [6.45, 7) is 7.16. The van der Waals surface area contributed by atoms with Gasteiger partial charge in [-0.1, -0.05) is 26.0 Å². The first kappa shape index (κ1) is 15.8. The minimum absolute atomic E-state index is 0.150. The van der Waals surface area contributed by atoms with Gasteiger partial charge in [-0.05, 0) is 31.0 Å². The third-order valence-electron chi connectivity index (χ3n) is 4.56. The number of carbonyl (C=O) groups is 1. The van der Waals surface area contributed by atoms with Gasteiger partial charge in [-0.3, -0.25) is 0 Å². The molecule has 0 bridgehead atoms. The van der Waals surface area contributed by atoms with E-state index in [9.17, 15) is 14.3 Å². The van der Waals surface area contributed by atoms with Crippen LogP contribution in [-0.4, -0.2) is 34.7 Å². The predicted octanol–water partition coefficient (Wildman–Crippen LogP) is 2.52. The average Bonchev–Trinajstić information content (AvgIpc) is 2.41. The molecule has 1 fully saturated rings. The van der Waals surface area contributed by atoms with Gasteiger partial charge in [0.05, 0.1) is 5.60 Å². The van der Waals surface area contributed by atoms with Crippen LogP contribution in [0.1, 0.15) is 32.8 Å². The molecule has 0 saturated carbocycles. The zero-order chi connectivity index (χ0) is 15.7. The van der Waals surface area contributed by atoms with E-state index in [1.807, 2.05) is 20.8 Å². The highest BCUT2D eigenvalue weighted by atomic mass is 19.1. The minimum atomic E-state index is -0.763. The topological polar surface area (TPSA) is 52.6 Å². The lowest BCUT2D eigenvalue weighted by Crippen LogP contribution is -2.58. The molecular formula is C16H23FN2O2. The largest absolute Gasteiger partial charge is 0.389 e. The molecule has 1 atom stereocenters. The number of halogens is 1. The van der Waals surface area contributed by atoms with E-state index in [-0.39, 0.29) is 17.3 Å². The van der Waals surface area contributed by atoms with Crippen molar-refractivity contribution in [2.45, 2.75) is 39.3 Å². The summed E-state index contributed by atoms with van der Waals surface area (Å²) in [6.07, 6.45) is 0.559. The Morgan fingerprint density at radius 3 is 2.52 bits per heavy atom. The normalized spacial score (nSPS) is 24.7. The molecule has 0 aliphatic carbocycles. The fourth-order valence-corrected chi connectivity index (χ4v) is 2.48. The molecule has 1 saturated heterocycles. The summed E-state index contributed by atoms with van der Waals surface area (Å²) < 4.78 is 12.8. The molecule has 116 valence electrons. The molecule has 2 N–H and O–H groups in total. The molecule has 5 heteroatoms. The van der Waals surface area contributed by atoms with E-state index in [2.05, 4.69) is 5.32 Å². The molecule has 1 aromatic carbocycles. The van der Waals surface area contributed by atoms with Gasteiger partial charge in [-0.25, -0.2) is 9.18 Å². The van der Waals surface area contributed by atoms with Crippen LogP contribution in [0.4, 0.5) is 9.18 Å². The van der Waals surface area contributed by atoms with Gasteiger partial charge in [0.15, 0.2) is 0 Å². The van der Waals surface area contributed by atoms with Gasteiger partial charge in [0.2, 0.25) is 0 Å². The van der Waals surface area contributed by atoms with Crippen LogP contribution in [0.3, 0.4) is 0 Å². The monoisotopic (exact) mass is 294 g/mol. The maximum atomic E-state index is 12.8. The van der Waals surface area contributed by atoms with Crippen LogP contribution in [0, 0.1) is 11.2 Å². The number of hydrogen-bond donors (Lipinski definition) is 2. The first-order valence-electron chi connectivity index (χ1n) is 7.21. The molecule has 1 aromatic rings. The van der Waals surface area contributed by atoms with E-state index in [0.29, 0.717) is 26.1 Å². The first-order valence-corrected chi connectivity index (χ1v) is 7.21. The van der Waals surface area contributed by atoms with Crippen molar-refractivity contribution in [3.05, 3.63) is 35.6 Å². The van der Waals surface area contributed by atoms with E-state index in [1.54, 1.807) is 17.0 Å². The number of nitrogens with zero attached hydrogens (tertiary/aromatic N) is 1. The average molecular weight is 294 g/mol. The Bertz CT molecular complexity index is 512. The molecule has 0 aromatic heterocycles. The van der Waals surface area contributed by atoms with E-state index in [1.165, 1.54) is 12.1 Å². The van der Waals surface area contributed by atoms with Crippen molar-refractivity contribution < 1.29 is 14.3 Å². The van der Waals surface area contributed by atoms with Crippen molar-refractivity contribution >= 4 is 6.03 Å². The summed E-state index contributed by atoms with van der Waals surface area (Å²) in [7, 11) is 0. The molecule has 21 heavy (non-hydrogen) atoms. The molecule has 2 amide bonds. The van der Waals surface area contributed by atoms with Crippen LogP contribution >= 0.6 is 0 Å². The third-order valence-corrected chi connectivity index (χ3v) is 4.56. The van der Waals surface area contributed by atoms with Crippen LogP contribution in [0.2, 0.25) is 0 Å². The number of nitrogens with one attached hydrogen (secondary N) is 1. The second kappa shape index (κ2) is 5.64. The summed E-state index contributed by atoms with van der Waals surface area (Å²) >= 11 is 0. The fourth-order valence-electron chi connectivity index (χ4n) is 2.48. The summed E-state index contributed by atoms with van der Waals surface area (Å²) in [5, 5.41) is 13.2. The van der Waals surface area contributed by atoms with Crippen molar-refractivity contribution in [1.82, 2.24) is 10.2 Å². The highest BCUT2D eigenvalue weighted by Crippen LogP contribution is 2.38. The van der Waals surface area contributed by atoms with Crippen LogP contribution in [0.25, 0.3) is 0 Å². The second-order valence-corrected chi connectivity index (χ2v) is 6.61. The quantitative estimate of drug-likeness (QED) is 0.880. The SMILES string of the molecule is CC1(C)CN(C(=O)NCc2ccc(F)cc2)CC[C@]1(C)O. The smallest absolute Gasteiger partial charge is 0.317 e. The number of amides is 2. The zero-order valence-electron chi connectivity index (χ0n) is 12.8. The van der Waals surface area contributed by atoms with Crippen molar-refractivity contribution in [1.29, 1.82) is 0 Å². The van der Waals surface area contributed by atoms with Crippen molar-refractivity contribution in [3.8, 4) is 0 Å². The minimum Gasteiger partial charge on any atom is -0.389 e. The number of urea groups is 1. The lowest BCUT2D eigenvalue weighted by Gasteiger charge is -2.48. The predicted molar refractivity (Wildman–Crippen MR) is 79.2 cm³/mol. The van der Waals surface area contributed by atoms with Crippen LogP contribution in [0.5, 0.6) is 0 Å². The summed E-state index contributed by atoms with van der Waals surface area (Å²) in [4.78, 5) is 13.9. The van der Waals surface area contributed by atoms with Crippen molar-refractivity contribution in [2.24, 2.45) is 5.41 Å². The number of rotatable bonds is 2. The van der Waals surface area contributed by atoms with Crippen LogP contribution < -0.4 is 5.32 Å². The highest BCUT2D eigenvalue weighted by Gasteiger charge is 2.45. The second-order valence-electron chi connectivity index (χ2n) is 6.61. The number of aliphatic hydroxyl groups is 1. The first-order chi connectivity index (χ1) is 9.71. The molecule has 0 radical (unpaired) electrons. The van der Waals surface area contributed by atoms with Gasteiger partial charge < -0.3 is 15.3 Å². The maximum Gasteiger partial charge on any atom is 0.317 e. The maximum absolute atomic E-state index is 12.8. The van der Waals surface area contributed by atoms with Gasteiger partial charge in [0.25, 0.3) is 0 Å². The van der Waals surface area contributed by atoms with Crippen LogP contribution in [-0.2, 0) is 6.54 Å².